The lowest BCUT2D eigenvalue weighted by Gasteiger charge is -2.28. The highest BCUT2D eigenvalue weighted by molar-refractivity contribution is 14.1. The Hall–Kier alpha value is -0.720. The van der Waals surface area contributed by atoms with Gasteiger partial charge in [-0.3, -0.25) is 28.8 Å². The zero-order valence-electron chi connectivity index (χ0n) is 32.9. The second kappa shape index (κ2) is 26.0. The lowest BCUT2D eigenvalue weighted by atomic mass is 10.0. The Labute approximate surface area is 436 Å². The molecule has 0 saturated heterocycles. The van der Waals surface area contributed by atoms with E-state index >= 15 is 0 Å². The molecule has 0 aromatic heterocycles. The Morgan fingerprint density at radius 2 is 0.790 bits per heavy atom. The Kier molecular flexibility index (Phi) is 24.1. The minimum atomic E-state index is -1.55. The molecule has 6 amide bonds. The normalized spacial score (nSPS) is 14.7. The lowest BCUT2D eigenvalue weighted by molar-refractivity contribution is -0.123. The van der Waals surface area contributed by atoms with Crippen molar-refractivity contribution in [3.05, 3.63) is 43.7 Å². The Bertz CT molecular complexity index is 1890. The number of carbonyl (C=O) groups excluding carboxylic acids is 6. The van der Waals surface area contributed by atoms with E-state index in [4.69, 9.17) is 0 Å². The summed E-state index contributed by atoms with van der Waals surface area (Å²) in [5.41, 5.74) is -0.596. The number of aliphatic hydroxyl groups is 9. The highest BCUT2D eigenvalue weighted by Gasteiger charge is 2.35. The van der Waals surface area contributed by atoms with E-state index in [1.165, 1.54) is 27.9 Å². The van der Waals surface area contributed by atoms with Gasteiger partial charge in [-0.1, -0.05) is 0 Å². The minimum Gasteiger partial charge on any atom is -0.394 e. The molecule has 0 aliphatic carbocycles. The summed E-state index contributed by atoms with van der Waals surface area (Å²) in [4.78, 5) is 83.1. The smallest absolute Gasteiger partial charge is 0.255 e. The number of anilines is 2. The molecular formula is C35H44I6N6O15. The maximum absolute atomic E-state index is 14.2. The molecule has 0 bridgehead atoms. The summed E-state index contributed by atoms with van der Waals surface area (Å²) in [5.74, 6) is -5.05. The van der Waals surface area contributed by atoms with Crippen molar-refractivity contribution in [3.63, 3.8) is 0 Å². The molecule has 21 nitrogen and oxygen atoms in total. The maximum Gasteiger partial charge on any atom is 0.255 e. The lowest BCUT2D eigenvalue weighted by Crippen LogP contribution is -2.48. The van der Waals surface area contributed by atoms with Crippen molar-refractivity contribution < 1.29 is 74.7 Å². The number of rotatable bonds is 20. The predicted molar refractivity (Wildman–Crippen MR) is 273 cm³/mol. The van der Waals surface area contributed by atoms with Crippen LogP contribution >= 0.6 is 136 Å². The van der Waals surface area contributed by atoms with Crippen LogP contribution in [0.1, 0.15) is 55.3 Å². The van der Waals surface area contributed by atoms with Crippen LogP contribution in [0.3, 0.4) is 0 Å². The molecule has 0 heterocycles. The fourth-order valence-electron chi connectivity index (χ4n) is 5.28. The van der Waals surface area contributed by atoms with Gasteiger partial charge in [-0.05, 0) is 149 Å². The van der Waals surface area contributed by atoms with Gasteiger partial charge in [-0.25, -0.2) is 0 Å². The molecule has 0 fully saturated rings. The number of amides is 6. The quantitative estimate of drug-likeness (QED) is 0.0711. The van der Waals surface area contributed by atoms with Crippen molar-refractivity contribution in [2.45, 2.75) is 56.5 Å². The van der Waals surface area contributed by atoms with Crippen molar-refractivity contribution in [2.24, 2.45) is 0 Å². The van der Waals surface area contributed by atoms with E-state index in [0.717, 1.165) is 9.80 Å². The third kappa shape index (κ3) is 14.2. The van der Waals surface area contributed by atoms with E-state index in [1.54, 1.807) is 136 Å². The van der Waals surface area contributed by atoms with Gasteiger partial charge in [0, 0.05) is 34.3 Å². The highest BCUT2D eigenvalue weighted by Crippen LogP contribution is 2.38. The molecule has 62 heavy (non-hydrogen) atoms. The van der Waals surface area contributed by atoms with Crippen LogP contribution in [0.15, 0.2) is 0 Å². The van der Waals surface area contributed by atoms with Crippen LogP contribution in [0.4, 0.5) is 11.4 Å². The first-order valence-corrected chi connectivity index (χ1v) is 24.3. The number of likely N-dealkylation sites (N-methyl/N-ethyl adjacent to an activating group) is 2. The van der Waals surface area contributed by atoms with Gasteiger partial charge in [0.1, 0.15) is 12.2 Å². The summed E-state index contributed by atoms with van der Waals surface area (Å²) in [7, 11) is 2.65. The van der Waals surface area contributed by atoms with Crippen LogP contribution in [-0.4, -0.2) is 187 Å². The standard InChI is InChI=1S/C35H44I6N6O15/c1-11(52)30(57)44-28-24(38)18(32(59)42-14(7-48)16(55)9-50)22(36)20(26(28)40)34(61)46(3)5-13(54)6-47(4)35(62)21-23(37)19(33(60)43-15(8-49)17(56)10-51)25(39)29(27(21)41)45-31(58)12(2)53/h11-17,48-56H,5-10H2,1-4H3,(H,42,59)(H,43,60)(H,44,57)(H,45,58)/t11-,12-,13?,14?,15?,16?,17?/m0/s1. The van der Waals surface area contributed by atoms with Crippen molar-refractivity contribution in [2.75, 3.05) is 64.2 Å². The molecule has 2 aromatic carbocycles. The van der Waals surface area contributed by atoms with Gasteiger partial charge in [-0.15, -0.1) is 0 Å². The molecule has 346 valence electrons. The Morgan fingerprint density at radius 1 is 0.500 bits per heavy atom. The third-order valence-corrected chi connectivity index (χ3v) is 15.2. The summed E-state index contributed by atoms with van der Waals surface area (Å²) < 4.78 is 0.675. The molecule has 0 saturated carbocycles. The zero-order chi connectivity index (χ0) is 47.7. The summed E-state index contributed by atoms with van der Waals surface area (Å²) in [6, 6.07) is -2.64. The van der Waals surface area contributed by atoms with Crippen molar-refractivity contribution in [3.8, 4) is 0 Å². The van der Waals surface area contributed by atoms with E-state index in [9.17, 15) is 74.7 Å². The number of carbonyl (C=O) groups is 6. The number of nitrogens with zero attached hydrogens (tertiary/aromatic N) is 2. The fraction of sp³-hybridized carbons (Fsp3) is 0.486. The molecule has 0 aliphatic rings. The molecule has 4 unspecified atom stereocenters. The molecule has 0 radical (unpaired) electrons. The van der Waals surface area contributed by atoms with E-state index in [0.29, 0.717) is 0 Å². The van der Waals surface area contributed by atoms with Crippen LogP contribution < -0.4 is 21.3 Å². The van der Waals surface area contributed by atoms with E-state index < -0.39 is 118 Å². The van der Waals surface area contributed by atoms with Crippen LogP contribution in [0.5, 0.6) is 0 Å². The summed E-state index contributed by atoms with van der Waals surface area (Å²) in [6.45, 7) is -1.55. The second-order valence-electron chi connectivity index (χ2n) is 13.5. The molecule has 27 heteroatoms. The SMILES string of the molecule is C[C@H](O)C(=O)Nc1c(I)c(C(=O)NC(CO)C(O)CO)c(I)c(C(=O)N(C)CC(O)CN(C)C(=O)c2c(I)c(NC(=O)[C@H](C)O)c(I)c(C(=O)NC(CO)C(O)CO)c2I)c1I. The monoisotopic (exact) mass is 1550 g/mol. The van der Waals surface area contributed by atoms with Gasteiger partial charge >= 0.3 is 0 Å². The van der Waals surface area contributed by atoms with Gasteiger partial charge < -0.3 is 77.0 Å². The van der Waals surface area contributed by atoms with E-state index in [1.807, 2.05) is 0 Å². The minimum absolute atomic E-state index is 0.0243. The zero-order valence-corrected chi connectivity index (χ0v) is 45.9. The molecule has 2 rings (SSSR count). The highest BCUT2D eigenvalue weighted by atomic mass is 127. The fourth-order valence-corrected chi connectivity index (χ4v) is 14.1. The van der Waals surface area contributed by atoms with Crippen LogP contribution in [0.25, 0.3) is 0 Å². The van der Waals surface area contributed by atoms with Gasteiger partial charge in [0.25, 0.3) is 35.4 Å². The number of benzene rings is 2. The van der Waals surface area contributed by atoms with Crippen LogP contribution in [-0.2, 0) is 9.59 Å². The number of hydrogen-bond acceptors (Lipinski definition) is 15. The Balaban J connectivity index is 2.60. The maximum atomic E-state index is 14.2. The topological polar surface area (TPSA) is 339 Å². The number of hydrogen-bond donors (Lipinski definition) is 13. The first-order chi connectivity index (χ1) is 28.8. The van der Waals surface area contributed by atoms with Crippen LogP contribution in [0.2, 0.25) is 0 Å². The summed E-state index contributed by atoms with van der Waals surface area (Å²) in [6.07, 6.45) is -7.54. The van der Waals surface area contributed by atoms with Gasteiger partial charge in [0.15, 0.2) is 0 Å². The first kappa shape index (κ1) is 57.4. The van der Waals surface area contributed by atoms with Crippen molar-refractivity contribution >= 4 is 182 Å². The largest absolute Gasteiger partial charge is 0.394 e. The number of nitrogens with one attached hydrogen (secondary N) is 4. The van der Waals surface area contributed by atoms with Gasteiger partial charge in [-0.2, -0.15) is 0 Å². The van der Waals surface area contributed by atoms with E-state index in [-0.39, 0.29) is 55.0 Å². The second-order valence-corrected chi connectivity index (χ2v) is 20.0. The van der Waals surface area contributed by atoms with Crippen LogP contribution in [0, 0.1) is 21.4 Å². The number of aliphatic hydroxyl groups excluding tert-OH is 9. The first-order valence-electron chi connectivity index (χ1n) is 17.8. The molecule has 0 spiro atoms. The predicted octanol–water partition coefficient (Wildman–Crippen LogP) is -0.954. The van der Waals surface area contributed by atoms with Gasteiger partial charge in [0.05, 0.1) is 105 Å². The molecule has 0 aliphatic heterocycles. The van der Waals surface area contributed by atoms with Crippen molar-refractivity contribution in [1.29, 1.82) is 0 Å². The number of halogens is 6. The summed E-state index contributed by atoms with van der Waals surface area (Å²) >= 11 is 10.5. The average molecular weight is 1550 g/mol. The average Bonchev–Trinajstić information content (AvgIpc) is 3.20. The van der Waals surface area contributed by atoms with E-state index in [2.05, 4.69) is 21.3 Å². The summed E-state index contributed by atoms with van der Waals surface area (Å²) in [5, 5.41) is 99.4. The van der Waals surface area contributed by atoms with Crippen molar-refractivity contribution in [1.82, 2.24) is 20.4 Å². The Morgan fingerprint density at radius 3 is 1.05 bits per heavy atom. The molecule has 2 aromatic rings. The molecular weight excluding hydrogens is 1510 g/mol. The van der Waals surface area contributed by atoms with Gasteiger partial charge in [0.2, 0.25) is 0 Å². The molecule has 6 atom stereocenters. The molecule has 13 N–H and O–H groups in total. The third-order valence-electron chi connectivity index (χ3n) is 8.76.